The van der Waals surface area contributed by atoms with Crippen LogP contribution in [-0.2, 0) is 17.9 Å². The maximum atomic E-state index is 12.0. The molecule has 0 aromatic heterocycles. The van der Waals surface area contributed by atoms with Crippen LogP contribution in [0.4, 0.5) is 0 Å². The topological polar surface area (TPSA) is 64.2 Å². The van der Waals surface area contributed by atoms with E-state index in [2.05, 4.69) is 10.6 Å². The molecule has 1 atom stereocenters. The number of benzene rings is 2. The third-order valence-corrected chi connectivity index (χ3v) is 4.68. The molecule has 3 rings (SSSR count). The maximum Gasteiger partial charge on any atom is 0.278 e. The molecule has 1 amide bonds. The molecular formula is C21H27N2O3+. The van der Waals surface area contributed by atoms with Crippen LogP contribution in [0.25, 0.3) is 0 Å². The van der Waals surface area contributed by atoms with Crippen molar-refractivity contribution >= 4 is 5.91 Å². The Morgan fingerprint density at radius 1 is 1.08 bits per heavy atom. The number of amides is 1. The average Bonchev–Trinajstić information content (AvgIpc) is 2.89. The molecule has 5 nitrogen and oxygen atoms in total. The zero-order valence-electron chi connectivity index (χ0n) is 15.2. The molecular weight excluding hydrogens is 328 g/mol. The van der Waals surface area contributed by atoms with Gasteiger partial charge >= 0.3 is 0 Å². The molecule has 2 aromatic rings. The van der Waals surface area contributed by atoms with Gasteiger partial charge in [0.05, 0.1) is 7.11 Å². The maximum absolute atomic E-state index is 12.0. The summed E-state index contributed by atoms with van der Waals surface area (Å²) in [4.78, 5) is 12.0. The minimum atomic E-state index is -0.00231. The quantitative estimate of drug-likeness (QED) is 0.799. The van der Waals surface area contributed by atoms with Crippen molar-refractivity contribution in [3.05, 3.63) is 59.7 Å². The molecule has 1 saturated heterocycles. The largest absolute Gasteiger partial charge is 0.493 e. The zero-order chi connectivity index (χ0) is 18.2. The van der Waals surface area contributed by atoms with Gasteiger partial charge in [0.15, 0.2) is 17.5 Å². The van der Waals surface area contributed by atoms with Crippen molar-refractivity contribution in [3.63, 3.8) is 0 Å². The number of methoxy groups -OCH3 is 1. The third-order valence-electron chi connectivity index (χ3n) is 4.68. The summed E-state index contributed by atoms with van der Waals surface area (Å²) in [6.45, 7) is 2.04. The Hall–Kier alpha value is -2.53. The fraction of sp³-hybridized carbons (Fsp3) is 0.381. The predicted octanol–water partition coefficient (Wildman–Crippen LogP) is 2.01. The molecule has 26 heavy (non-hydrogen) atoms. The van der Waals surface area contributed by atoms with E-state index in [0.717, 1.165) is 55.0 Å². The second-order valence-corrected chi connectivity index (χ2v) is 6.59. The molecule has 1 aliphatic rings. The number of hydrogen-bond donors (Lipinski definition) is 2. The Kier molecular flexibility index (Phi) is 6.50. The molecule has 138 valence electrons. The summed E-state index contributed by atoms with van der Waals surface area (Å²) < 4.78 is 11.4. The highest BCUT2D eigenvalue weighted by Crippen LogP contribution is 2.28. The van der Waals surface area contributed by atoms with Crippen molar-refractivity contribution in [1.82, 2.24) is 5.32 Å². The minimum Gasteiger partial charge on any atom is -0.493 e. The third kappa shape index (κ3) is 4.99. The van der Waals surface area contributed by atoms with Gasteiger partial charge in [0, 0.05) is 18.5 Å². The number of nitrogens with one attached hydrogen (secondary N) is 1. The normalized spacial score (nSPS) is 17.3. The first-order valence-electron chi connectivity index (χ1n) is 9.21. The van der Waals surface area contributed by atoms with Crippen LogP contribution in [0.15, 0.2) is 48.5 Å². The Labute approximate surface area is 154 Å². The SMILES string of the molecule is COc1cc(C[NH2+][C@@H]2CCCCNC2=O)ccc1OCc1ccccc1. The summed E-state index contributed by atoms with van der Waals surface area (Å²) in [5.41, 5.74) is 2.23. The lowest BCUT2D eigenvalue weighted by Crippen LogP contribution is -2.91. The van der Waals surface area contributed by atoms with Gasteiger partial charge in [-0.05, 0) is 36.6 Å². The monoisotopic (exact) mass is 355 g/mol. The van der Waals surface area contributed by atoms with E-state index in [0.29, 0.717) is 6.61 Å². The Morgan fingerprint density at radius 3 is 2.73 bits per heavy atom. The molecule has 0 spiro atoms. The van der Waals surface area contributed by atoms with Crippen molar-refractivity contribution in [2.75, 3.05) is 13.7 Å². The molecule has 0 bridgehead atoms. The van der Waals surface area contributed by atoms with E-state index < -0.39 is 0 Å². The predicted molar refractivity (Wildman–Crippen MR) is 100 cm³/mol. The number of ether oxygens (including phenoxy) is 2. The van der Waals surface area contributed by atoms with Crippen molar-refractivity contribution in [2.45, 2.75) is 38.5 Å². The average molecular weight is 355 g/mol. The van der Waals surface area contributed by atoms with E-state index in [9.17, 15) is 4.79 Å². The highest BCUT2D eigenvalue weighted by Gasteiger charge is 2.23. The Bertz CT molecular complexity index is 718. The molecule has 0 saturated carbocycles. The van der Waals surface area contributed by atoms with Gasteiger partial charge in [-0.3, -0.25) is 4.79 Å². The first-order valence-corrected chi connectivity index (χ1v) is 9.21. The van der Waals surface area contributed by atoms with Gasteiger partial charge in [0.2, 0.25) is 0 Å². The molecule has 1 aliphatic heterocycles. The standard InChI is InChI=1S/C21H26N2O3/c1-25-20-13-17(14-23-18-9-5-6-12-22-21(18)24)10-11-19(20)26-15-16-7-3-2-4-8-16/h2-4,7-8,10-11,13,18,23H,5-6,9,12,14-15H2,1H3,(H,22,24)/p+1/t18-/m1/s1. The summed E-state index contributed by atoms with van der Waals surface area (Å²) in [5, 5.41) is 5.09. The van der Waals surface area contributed by atoms with Crippen LogP contribution in [0, 0.1) is 0 Å². The summed E-state index contributed by atoms with van der Waals surface area (Å²) in [6.07, 6.45) is 3.09. The van der Waals surface area contributed by atoms with E-state index >= 15 is 0 Å². The van der Waals surface area contributed by atoms with Crippen LogP contribution >= 0.6 is 0 Å². The number of nitrogens with two attached hydrogens (primary N) is 1. The minimum absolute atomic E-state index is 0.00231. The fourth-order valence-corrected chi connectivity index (χ4v) is 3.16. The second-order valence-electron chi connectivity index (χ2n) is 6.59. The molecule has 1 fully saturated rings. The first-order chi connectivity index (χ1) is 12.8. The number of hydrogen-bond acceptors (Lipinski definition) is 3. The second kappa shape index (κ2) is 9.25. The van der Waals surface area contributed by atoms with Crippen molar-refractivity contribution in [3.8, 4) is 11.5 Å². The van der Waals surface area contributed by atoms with E-state index in [1.54, 1.807) is 7.11 Å². The molecule has 0 unspecified atom stereocenters. The van der Waals surface area contributed by atoms with Gasteiger partial charge in [-0.2, -0.15) is 0 Å². The highest BCUT2D eigenvalue weighted by molar-refractivity contribution is 5.80. The molecule has 1 heterocycles. The smallest absolute Gasteiger partial charge is 0.278 e. The molecule has 3 N–H and O–H groups in total. The van der Waals surface area contributed by atoms with Crippen LogP contribution in [0.1, 0.15) is 30.4 Å². The highest BCUT2D eigenvalue weighted by atomic mass is 16.5. The number of carbonyl (C=O) groups is 1. The van der Waals surface area contributed by atoms with Gasteiger partial charge in [0.1, 0.15) is 13.2 Å². The van der Waals surface area contributed by atoms with E-state index in [1.807, 2.05) is 48.5 Å². The van der Waals surface area contributed by atoms with Crippen LogP contribution in [0.5, 0.6) is 11.5 Å². The lowest BCUT2D eigenvalue weighted by Gasteiger charge is -2.14. The van der Waals surface area contributed by atoms with E-state index in [1.165, 1.54) is 0 Å². The van der Waals surface area contributed by atoms with Gasteiger partial charge < -0.3 is 20.1 Å². The summed E-state index contributed by atoms with van der Waals surface area (Å²) in [6, 6.07) is 16.0. The number of quaternary nitrogens is 1. The Balaban J connectivity index is 1.59. The number of rotatable bonds is 7. The van der Waals surface area contributed by atoms with Crippen LogP contribution in [-0.4, -0.2) is 25.6 Å². The lowest BCUT2D eigenvalue weighted by molar-refractivity contribution is -0.692. The van der Waals surface area contributed by atoms with Gasteiger partial charge in [-0.25, -0.2) is 0 Å². The summed E-state index contributed by atoms with van der Waals surface area (Å²) in [7, 11) is 1.65. The lowest BCUT2D eigenvalue weighted by atomic mass is 10.1. The summed E-state index contributed by atoms with van der Waals surface area (Å²) in [5.74, 6) is 1.60. The van der Waals surface area contributed by atoms with Crippen LogP contribution in [0.2, 0.25) is 0 Å². The van der Waals surface area contributed by atoms with Gasteiger partial charge in [0.25, 0.3) is 5.91 Å². The molecule has 2 aromatic carbocycles. The fourth-order valence-electron chi connectivity index (χ4n) is 3.16. The van der Waals surface area contributed by atoms with Crippen molar-refractivity contribution in [2.24, 2.45) is 0 Å². The van der Waals surface area contributed by atoms with Crippen molar-refractivity contribution < 1.29 is 19.6 Å². The van der Waals surface area contributed by atoms with Crippen molar-refractivity contribution in [1.29, 1.82) is 0 Å². The van der Waals surface area contributed by atoms with Crippen LogP contribution < -0.4 is 20.1 Å². The summed E-state index contributed by atoms with van der Waals surface area (Å²) >= 11 is 0. The van der Waals surface area contributed by atoms with Crippen LogP contribution in [0.3, 0.4) is 0 Å². The molecule has 0 aliphatic carbocycles. The number of carbonyl (C=O) groups excluding carboxylic acids is 1. The van der Waals surface area contributed by atoms with Gasteiger partial charge in [-0.15, -0.1) is 0 Å². The zero-order valence-corrected chi connectivity index (χ0v) is 15.2. The molecule has 0 radical (unpaired) electrons. The molecule has 5 heteroatoms. The van der Waals surface area contributed by atoms with E-state index in [-0.39, 0.29) is 11.9 Å². The first kappa shape index (κ1) is 18.3. The van der Waals surface area contributed by atoms with E-state index in [4.69, 9.17) is 9.47 Å². The van der Waals surface area contributed by atoms with Gasteiger partial charge in [-0.1, -0.05) is 30.3 Å². The Morgan fingerprint density at radius 2 is 1.92 bits per heavy atom.